The molecule has 0 saturated carbocycles. The van der Waals surface area contributed by atoms with Gasteiger partial charge in [-0.3, -0.25) is 14.4 Å². The van der Waals surface area contributed by atoms with E-state index in [1.807, 2.05) is 24.3 Å². The van der Waals surface area contributed by atoms with Gasteiger partial charge < -0.3 is 25.0 Å². The molecule has 2 N–H and O–H groups in total. The fourth-order valence-electron chi connectivity index (χ4n) is 3.26. The van der Waals surface area contributed by atoms with E-state index in [0.717, 1.165) is 11.3 Å². The van der Waals surface area contributed by atoms with Crippen LogP contribution < -0.4 is 10.1 Å². The number of carbonyl (C=O) groups is 3. The van der Waals surface area contributed by atoms with Gasteiger partial charge >= 0.3 is 0 Å². The van der Waals surface area contributed by atoms with Crippen molar-refractivity contribution in [3.05, 3.63) is 29.8 Å². The van der Waals surface area contributed by atoms with Crippen molar-refractivity contribution in [3.63, 3.8) is 0 Å². The van der Waals surface area contributed by atoms with Crippen LogP contribution in [0.4, 0.5) is 0 Å². The zero-order valence-electron chi connectivity index (χ0n) is 14.0. The Hall–Kier alpha value is -2.61. The average Bonchev–Trinajstić information content (AvgIpc) is 2.65. The van der Waals surface area contributed by atoms with Gasteiger partial charge in [-0.05, 0) is 17.7 Å². The predicted octanol–water partition coefficient (Wildman–Crippen LogP) is -1.23. The molecule has 8 nitrogen and oxygen atoms in total. The van der Waals surface area contributed by atoms with E-state index in [1.165, 1.54) is 9.80 Å². The first kappa shape index (κ1) is 17.2. The Kier molecular flexibility index (Phi) is 4.89. The van der Waals surface area contributed by atoms with E-state index >= 15 is 0 Å². The molecule has 8 heteroatoms. The molecule has 2 atom stereocenters. The van der Waals surface area contributed by atoms with Crippen LogP contribution in [-0.2, 0) is 20.8 Å². The lowest BCUT2D eigenvalue weighted by atomic mass is 9.98. The molecule has 0 spiro atoms. The van der Waals surface area contributed by atoms with E-state index in [9.17, 15) is 14.4 Å². The van der Waals surface area contributed by atoms with Gasteiger partial charge in [0.2, 0.25) is 17.7 Å². The number of rotatable bonds is 4. The van der Waals surface area contributed by atoms with Crippen molar-refractivity contribution >= 4 is 17.7 Å². The zero-order chi connectivity index (χ0) is 18.0. The maximum atomic E-state index is 12.7. The van der Waals surface area contributed by atoms with E-state index in [2.05, 4.69) is 5.32 Å². The molecule has 2 heterocycles. The Labute approximate surface area is 145 Å². The van der Waals surface area contributed by atoms with Gasteiger partial charge in [-0.2, -0.15) is 0 Å². The quantitative estimate of drug-likeness (QED) is 0.710. The van der Waals surface area contributed by atoms with Gasteiger partial charge in [-0.15, -0.1) is 0 Å². The lowest BCUT2D eigenvalue weighted by molar-refractivity contribution is -0.156. The summed E-state index contributed by atoms with van der Waals surface area (Å²) in [4.78, 5) is 39.7. The van der Waals surface area contributed by atoms with E-state index in [-0.39, 0.29) is 18.4 Å². The van der Waals surface area contributed by atoms with Crippen LogP contribution in [0.5, 0.6) is 5.75 Å². The van der Waals surface area contributed by atoms with Crippen LogP contribution in [0.1, 0.15) is 5.56 Å². The summed E-state index contributed by atoms with van der Waals surface area (Å²) in [6, 6.07) is 6.05. The van der Waals surface area contributed by atoms with E-state index in [1.54, 1.807) is 7.11 Å². The third kappa shape index (κ3) is 3.43. The number of ether oxygens (including phenoxy) is 1. The van der Waals surface area contributed by atoms with Crippen molar-refractivity contribution < 1.29 is 24.2 Å². The highest BCUT2D eigenvalue weighted by Crippen LogP contribution is 2.19. The van der Waals surface area contributed by atoms with Crippen molar-refractivity contribution in [1.82, 2.24) is 15.1 Å². The number of aliphatic hydroxyl groups is 1. The van der Waals surface area contributed by atoms with Crippen LogP contribution in [0.3, 0.4) is 0 Å². The Bertz CT molecular complexity index is 675. The van der Waals surface area contributed by atoms with Gasteiger partial charge in [0.05, 0.1) is 13.7 Å². The Morgan fingerprint density at radius 2 is 2.00 bits per heavy atom. The van der Waals surface area contributed by atoms with Crippen LogP contribution in [0.2, 0.25) is 0 Å². The second-order valence-electron chi connectivity index (χ2n) is 6.16. The molecular weight excluding hydrogens is 326 g/mol. The molecule has 2 saturated heterocycles. The fourth-order valence-corrected chi connectivity index (χ4v) is 3.26. The number of fused-ring (bicyclic) bond motifs is 1. The Morgan fingerprint density at radius 1 is 1.28 bits per heavy atom. The van der Waals surface area contributed by atoms with Crippen LogP contribution in [0.25, 0.3) is 0 Å². The molecule has 2 fully saturated rings. The van der Waals surface area contributed by atoms with Crippen molar-refractivity contribution in [2.75, 3.05) is 33.4 Å². The summed E-state index contributed by atoms with van der Waals surface area (Å²) in [5, 5.41) is 11.7. The smallest absolute Gasteiger partial charge is 0.248 e. The minimum Gasteiger partial charge on any atom is -0.497 e. The number of nitrogens with zero attached hydrogens (tertiary/aromatic N) is 2. The summed E-state index contributed by atoms with van der Waals surface area (Å²) in [5.74, 6) is -0.113. The number of aliphatic hydroxyl groups excluding tert-OH is 1. The summed E-state index contributed by atoms with van der Waals surface area (Å²) in [7, 11) is 1.58. The van der Waals surface area contributed by atoms with Crippen molar-refractivity contribution in [2.24, 2.45) is 0 Å². The van der Waals surface area contributed by atoms with E-state index in [4.69, 9.17) is 9.84 Å². The third-order valence-corrected chi connectivity index (χ3v) is 4.67. The standard InChI is InChI=1S/C17H21N3O5/c1-25-12-4-2-11(3-5-12)8-13-17(24)20-7-6-19(15(22)10-21)9-14(20)16(23)18-13/h2-5,13-14,21H,6-10H2,1H3,(H,18,23)/t13-,14-/m0/s1. The van der Waals surface area contributed by atoms with E-state index < -0.39 is 24.6 Å². The molecule has 2 aliphatic heterocycles. The minimum absolute atomic E-state index is 0.117. The number of nitrogens with one attached hydrogen (secondary N) is 1. The Morgan fingerprint density at radius 3 is 2.64 bits per heavy atom. The van der Waals surface area contributed by atoms with Crippen LogP contribution in [-0.4, -0.2) is 78.1 Å². The number of piperazine rings is 2. The van der Waals surface area contributed by atoms with Gasteiger partial charge in [0.15, 0.2) is 0 Å². The molecule has 134 valence electrons. The highest BCUT2D eigenvalue weighted by Gasteiger charge is 2.44. The summed E-state index contributed by atoms with van der Waals surface area (Å²) in [5.41, 5.74) is 0.923. The van der Waals surface area contributed by atoms with Crippen molar-refractivity contribution in [2.45, 2.75) is 18.5 Å². The zero-order valence-corrected chi connectivity index (χ0v) is 14.0. The summed E-state index contributed by atoms with van der Waals surface area (Å²) >= 11 is 0. The molecule has 0 bridgehead atoms. The number of carbonyl (C=O) groups excluding carboxylic acids is 3. The molecule has 3 amide bonds. The molecule has 0 unspecified atom stereocenters. The second-order valence-corrected chi connectivity index (χ2v) is 6.16. The first-order valence-corrected chi connectivity index (χ1v) is 8.16. The normalized spacial score (nSPS) is 23.1. The summed E-state index contributed by atoms with van der Waals surface area (Å²) in [6.07, 6.45) is 0.400. The lowest BCUT2D eigenvalue weighted by Gasteiger charge is -2.45. The predicted molar refractivity (Wildman–Crippen MR) is 87.8 cm³/mol. The van der Waals surface area contributed by atoms with Gasteiger partial charge in [0.25, 0.3) is 0 Å². The monoisotopic (exact) mass is 347 g/mol. The van der Waals surface area contributed by atoms with Crippen molar-refractivity contribution in [1.29, 1.82) is 0 Å². The van der Waals surface area contributed by atoms with Gasteiger partial charge in [-0.25, -0.2) is 0 Å². The van der Waals surface area contributed by atoms with Crippen molar-refractivity contribution in [3.8, 4) is 5.75 Å². The van der Waals surface area contributed by atoms with Crippen LogP contribution in [0.15, 0.2) is 24.3 Å². The summed E-state index contributed by atoms with van der Waals surface area (Å²) in [6.45, 7) is 0.139. The lowest BCUT2D eigenvalue weighted by Crippen LogP contribution is -2.70. The molecule has 3 rings (SSSR count). The Balaban J connectivity index is 1.69. The van der Waals surface area contributed by atoms with Gasteiger partial charge in [0, 0.05) is 19.5 Å². The highest BCUT2D eigenvalue weighted by atomic mass is 16.5. The van der Waals surface area contributed by atoms with Gasteiger partial charge in [-0.1, -0.05) is 12.1 Å². The number of methoxy groups -OCH3 is 1. The fraction of sp³-hybridized carbons (Fsp3) is 0.471. The first-order valence-electron chi connectivity index (χ1n) is 8.16. The molecule has 0 aliphatic carbocycles. The molecule has 1 aromatic carbocycles. The second kappa shape index (κ2) is 7.10. The average molecular weight is 347 g/mol. The molecule has 2 aliphatic rings. The molecule has 25 heavy (non-hydrogen) atoms. The first-order chi connectivity index (χ1) is 12.0. The third-order valence-electron chi connectivity index (χ3n) is 4.67. The molecule has 0 aromatic heterocycles. The highest BCUT2D eigenvalue weighted by molar-refractivity contribution is 5.98. The van der Waals surface area contributed by atoms with Gasteiger partial charge in [0.1, 0.15) is 24.4 Å². The number of benzene rings is 1. The van der Waals surface area contributed by atoms with Crippen LogP contribution >= 0.6 is 0 Å². The molecule has 0 radical (unpaired) electrons. The minimum atomic E-state index is -0.691. The molecule has 1 aromatic rings. The maximum absolute atomic E-state index is 12.7. The molecular formula is C17H21N3O5. The number of amides is 3. The maximum Gasteiger partial charge on any atom is 0.248 e. The van der Waals surface area contributed by atoms with E-state index in [0.29, 0.717) is 19.5 Å². The SMILES string of the molecule is COc1ccc(C[C@@H]2NC(=O)[C@@H]3CN(C(=O)CO)CCN3C2=O)cc1. The van der Waals surface area contributed by atoms with Crippen LogP contribution in [0, 0.1) is 0 Å². The summed E-state index contributed by atoms with van der Waals surface area (Å²) < 4.78 is 5.11. The largest absolute Gasteiger partial charge is 0.497 e. The number of hydrogen-bond donors (Lipinski definition) is 2. The topological polar surface area (TPSA) is 99.2 Å². The number of hydrogen-bond acceptors (Lipinski definition) is 5.